The fraction of sp³-hybridized carbons (Fsp3) is 0.200. The van der Waals surface area contributed by atoms with Gasteiger partial charge in [-0.25, -0.2) is 0 Å². The third kappa shape index (κ3) is 3.74. The molecular formula is C15H9ClF6. The largest absolute Gasteiger partial charge is 0.416 e. The molecule has 0 radical (unpaired) electrons. The van der Waals surface area contributed by atoms with Crippen LogP contribution in [0.4, 0.5) is 26.3 Å². The van der Waals surface area contributed by atoms with Crippen molar-refractivity contribution in [3.8, 4) is 0 Å². The van der Waals surface area contributed by atoms with Gasteiger partial charge in [0.15, 0.2) is 0 Å². The van der Waals surface area contributed by atoms with Crippen LogP contribution in [0.2, 0.25) is 0 Å². The van der Waals surface area contributed by atoms with Gasteiger partial charge in [0.25, 0.3) is 0 Å². The minimum atomic E-state index is -4.89. The zero-order valence-electron chi connectivity index (χ0n) is 10.8. The van der Waals surface area contributed by atoms with Crippen molar-refractivity contribution in [1.29, 1.82) is 0 Å². The van der Waals surface area contributed by atoms with Gasteiger partial charge in [0, 0.05) is 0 Å². The lowest BCUT2D eigenvalue weighted by atomic mass is 9.99. The van der Waals surface area contributed by atoms with Crippen molar-refractivity contribution >= 4 is 11.6 Å². The Kier molecular flexibility index (Phi) is 4.42. The zero-order chi connectivity index (χ0) is 16.5. The molecule has 0 amide bonds. The molecule has 0 spiro atoms. The van der Waals surface area contributed by atoms with Crippen molar-refractivity contribution in [2.24, 2.45) is 0 Å². The van der Waals surface area contributed by atoms with Gasteiger partial charge in [-0.3, -0.25) is 0 Å². The lowest BCUT2D eigenvalue weighted by Crippen LogP contribution is -2.12. The maximum Gasteiger partial charge on any atom is 0.416 e. The summed E-state index contributed by atoms with van der Waals surface area (Å²) in [6.45, 7) is 0. The molecule has 2 rings (SSSR count). The van der Waals surface area contributed by atoms with Crippen molar-refractivity contribution in [1.82, 2.24) is 0 Å². The van der Waals surface area contributed by atoms with Crippen LogP contribution in [0.1, 0.15) is 27.6 Å². The van der Waals surface area contributed by atoms with Crippen LogP contribution in [0.3, 0.4) is 0 Å². The summed E-state index contributed by atoms with van der Waals surface area (Å²) in [4.78, 5) is 0. The predicted octanol–water partition coefficient (Wildman–Crippen LogP) is 6.05. The summed E-state index contributed by atoms with van der Waals surface area (Å²) in [5.41, 5.74) is -2.59. The summed E-state index contributed by atoms with van der Waals surface area (Å²) < 4.78 is 76.7. The maximum atomic E-state index is 12.8. The molecule has 22 heavy (non-hydrogen) atoms. The van der Waals surface area contributed by atoms with Crippen molar-refractivity contribution < 1.29 is 26.3 Å². The Morgan fingerprint density at radius 2 is 1.14 bits per heavy atom. The topological polar surface area (TPSA) is 0 Å². The molecule has 1 atom stereocenters. The van der Waals surface area contributed by atoms with Crippen LogP contribution in [0, 0.1) is 0 Å². The van der Waals surface area contributed by atoms with Gasteiger partial charge in [0.2, 0.25) is 0 Å². The number of halogens is 7. The summed E-state index contributed by atoms with van der Waals surface area (Å²) in [5.74, 6) is 0. The molecule has 118 valence electrons. The van der Waals surface area contributed by atoms with Crippen LogP contribution >= 0.6 is 11.6 Å². The second-order valence-electron chi connectivity index (χ2n) is 4.61. The number of rotatable bonds is 2. The van der Waals surface area contributed by atoms with Crippen molar-refractivity contribution in [2.45, 2.75) is 17.7 Å². The van der Waals surface area contributed by atoms with Gasteiger partial charge >= 0.3 is 12.4 Å². The highest BCUT2D eigenvalue weighted by molar-refractivity contribution is 6.22. The summed E-state index contributed by atoms with van der Waals surface area (Å²) in [5, 5.41) is -1.11. The van der Waals surface area contributed by atoms with Crippen LogP contribution < -0.4 is 0 Å². The molecular weight excluding hydrogens is 330 g/mol. The number of benzene rings is 2. The Bertz CT molecular complexity index is 613. The first-order valence-corrected chi connectivity index (χ1v) is 6.51. The van der Waals surface area contributed by atoms with Gasteiger partial charge in [-0.15, -0.1) is 11.6 Å². The standard InChI is InChI=1S/C15H9ClF6/c16-13(9-4-2-1-3-5-9)10-6-11(14(17,18)19)8-12(7-10)15(20,21)22/h1-8,13H. The number of alkyl halides is 7. The summed E-state index contributed by atoms with van der Waals surface area (Å²) >= 11 is 6.04. The van der Waals surface area contributed by atoms with E-state index in [4.69, 9.17) is 11.6 Å². The first-order valence-electron chi connectivity index (χ1n) is 6.07. The van der Waals surface area contributed by atoms with E-state index in [1.54, 1.807) is 18.2 Å². The molecule has 1 unspecified atom stereocenters. The van der Waals surface area contributed by atoms with Crippen molar-refractivity contribution in [2.75, 3.05) is 0 Å². The van der Waals surface area contributed by atoms with E-state index in [1.807, 2.05) is 0 Å². The highest BCUT2D eigenvalue weighted by atomic mass is 35.5. The monoisotopic (exact) mass is 338 g/mol. The molecule has 7 heteroatoms. The van der Waals surface area contributed by atoms with Crippen LogP contribution in [0.5, 0.6) is 0 Å². The van der Waals surface area contributed by atoms with Crippen molar-refractivity contribution in [3.05, 3.63) is 70.8 Å². The van der Waals surface area contributed by atoms with E-state index in [0.717, 1.165) is 0 Å². The van der Waals surface area contributed by atoms with Gasteiger partial charge in [-0.1, -0.05) is 30.3 Å². The van der Waals surface area contributed by atoms with Gasteiger partial charge in [0.05, 0.1) is 16.5 Å². The third-order valence-electron chi connectivity index (χ3n) is 2.99. The Labute approximate surface area is 127 Å². The van der Waals surface area contributed by atoms with E-state index < -0.39 is 28.9 Å². The quantitative estimate of drug-likeness (QED) is 0.461. The first-order chi connectivity index (χ1) is 10.1. The second kappa shape index (κ2) is 5.83. The molecule has 0 fully saturated rings. The fourth-order valence-electron chi connectivity index (χ4n) is 1.94. The first kappa shape index (κ1) is 16.7. The van der Waals surface area contributed by atoms with Crippen molar-refractivity contribution in [3.63, 3.8) is 0 Å². The molecule has 0 saturated carbocycles. The predicted molar refractivity (Wildman–Crippen MR) is 70.6 cm³/mol. The molecule has 0 aromatic heterocycles. The normalized spacial score (nSPS) is 14.0. The highest BCUT2D eigenvalue weighted by Crippen LogP contribution is 2.39. The van der Waals surface area contributed by atoms with E-state index in [-0.39, 0.29) is 11.6 Å². The van der Waals surface area contributed by atoms with E-state index in [1.165, 1.54) is 12.1 Å². The molecule has 0 N–H and O–H groups in total. The van der Waals surface area contributed by atoms with Gasteiger partial charge < -0.3 is 0 Å². The van der Waals surface area contributed by atoms with Crippen LogP contribution in [-0.2, 0) is 12.4 Å². The van der Waals surface area contributed by atoms with Crippen LogP contribution in [-0.4, -0.2) is 0 Å². The van der Waals surface area contributed by atoms with Crippen LogP contribution in [0.15, 0.2) is 48.5 Å². The minimum Gasteiger partial charge on any atom is -0.166 e. The second-order valence-corrected chi connectivity index (χ2v) is 5.05. The summed E-state index contributed by atoms with van der Waals surface area (Å²) in [6.07, 6.45) is -9.77. The molecule has 0 saturated heterocycles. The van der Waals surface area contributed by atoms with Crippen LogP contribution in [0.25, 0.3) is 0 Å². The Hall–Kier alpha value is -1.69. The van der Waals surface area contributed by atoms with E-state index in [9.17, 15) is 26.3 Å². The molecule has 0 aliphatic rings. The summed E-state index contributed by atoms with van der Waals surface area (Å²) in [7, 11) is 0. The average molecular weight is 339 g/mol. The number of hydrogen-bond donors (Lipinski definition) is 0. The maximum absolute atomic E-state index is 12.8. The van der Waals surface area contributed by atoms with Gasteiger partial charge in [0.1, 0.15) is 0 Å². The molecule has 2 aromatic rings. The zero-order valence-corrected chi connectivity index (χ0v) is 11.6. The molecule has 0 aliphatic heterocycles. The third-order valence-corrected chi connectivity index (χ3v) is 3.50. The lowest BCUT2D eigenvalue weighted by molar-refractivity contribution is -0.143. The molecule has 2 aromatic carbocycles. The fourth-order valence-corrected chi connectivity index (χ4v) is 2.21. The van der Waals surface area contributed by atoms with Gasteiger partial charge in [-0.05, 0) is 29.3 Å². The highest BCUT2D eigenvalue weighted by Gasteiger charge is 2.37. The smallest absolute Gasteiger partial charge is 0.166 e. The summed E-state index contributed by atoms with van der Waals surface area (Å²) in [6, 6.07) is 9.29. The van der Waals surface area contributed by atoms with Gasteiger partial charge in [-0.2, -0.15) is 26.3 Å². The molecule has 0 nitrogen and oxygen atoms in total. The van der Waals surface area contributed by atoms with E-state index in [0.29, 0.717) is 17.7 Å². The SMILES string of the molecule is FC(F)(F)c1cc(C(Cl)c2ccccc2)cc(C(F)(F)F)c1. The van der Waals surface area contributed by atoms with E-state index >= 15 is 0 Å². The minimum absolute atomic E-state index is 0.0815. The lowest BCUT2D eigenvalue weighted by Gasteiger charge is -2.17. The Morgan fingerprint density at radius 3 is 1.55 bits per heavy atom. The van der Waals surface area contributed by atoms with E-state index in [2.05, 4.69) is 0 Å². The Morgan fingerprint density at radius 1 is 0.682 bits per heavy atom. The molecule has 0 bridgehead atoms. The number of hydrogen-bond acceptors (Lipinski definition) is 0. The Balaban J connectivity index is 2.56. The molecule has 0 heterocycles. The average Bonchev–Trinajstić information content (AvgIpc) is 2.45. The molecule has 0 aliphatic carbocycles.